The van der Waals surface area contributed by atoms with E-state index in [1.54, 1.807) is 0 Å². The Bertz CT molecular complexity index is 341. The first-order valence-electron chi connectivity index (χ1n) is 7.11. The van der Waals surface area contributed by atoms with Gasteiger partial charge in [-0.25, -0.2) is 0 Å². The molecule has 0 aromatic heterocycles. The first kappa shape index (κ1) is 13.6. The SMILES string of the molecule is CCCCC(O)C1(c2ccccc2)CCOCC1. The summed E-state index contributed by atoms with van der Waals surface area (Å²) in [6.45, 7) is 3.70. The maximum absolute atomic E-state index is 10.7. The molecule has 0 aliphatic carbocycles. The standard InChI is InChI=1S/C16H24O2/c1-2-3-9-15(17)16(10-12-18-13-11-16)14-7-5-4-6-8-14/h4-8,15,17H,2-3,9-13H2,1H3. The molecule has 0 spiro atoms. The zero-order valence-corrected chi connectivity index (χ0v) is 11.3. The van der Waals surface area contributed by atoms with E-state index in [0.717, 1.165) is 45.3 Å². The van der Waals surface area contributed by atoms with E-state index in [-0.39, 0.29) is 11.5 Å². The number of aliphatic hydroxyl groups is 1. The van der Waals surface area contributed by atoms with Crippen molar-refractivity contribution in [2.24, 2.45) is 0 Å². The maximum Gasteiger partial charge on any atom is 0.0638 e. The van der Waals surface area contributed by atoms with Gasteiger partial charge in [0.15, 0.2) is 0 Å². The molecule has 1 aromatic carbocycles. The highest BCUT2D eigenvalue weighted by Gasteiger charge is 2.40. The van der Waals surface area contributed by atoms with Crippen molar-refractivity contribution >= 4 is 0 Å². The zero-order chi connectivity index (χ0) is 12.8. The Labute approximate surface area is 110 Å². The average molecular weight is 248 g/mol. The summed E-state index contributed by atoms with van der Waals surface area (Å²) in [6.07, 6.45) is 4.74. The Morgan fingerprint density at radius 1 is 1.22 bits per heavy atom. The fourth-order valence-electron chi connectivity index (χ4n) is 2.99. The molecule has 0 radical (unpaired) electrons. The number of hydrogen-bond donors (Lipinski definition) is 1. The lowest BCUT2D eigenvalue weighted by Crippen LogP contribution is -2.44. The van der Waals surface area contributed by atoms with E-state index in [0.29, 0.717) is 0 Å². The lowest BCUT2D eigenvalue weighted by atomic mass is 9.69. The van der Waals surface area contributed by atoms with Crippen molar-refractivity contribution in [1.29, 1.82) is 0 Å². The molecule has 1 saturated heterocycles. The lowest BCUT2D eigenvalue weighted by Gasteiger charge is -2.41. The summed E-state index contributed by atoms with van der Waals surface area (Å²) in [4.78, 5) is 0. The van der Waals surface area contributed by atoms with Crippen LogP contribution in [-0.2, 0) is 10.2 Å². The highest BCUT2D eigenvalue weighted by molar-refractivity contribution is 5.27. The van der Waals surface area contributed by atoms with Crippen LogP contribution < -0.4 is 0 Å². The Morgan fingerprint density at radius 3 is 2.50 bits per heavy atom. The van der Waals surface area contributed by atoms with Crippen LogP contribution >= 0.6 is 0 Å². The van der Waals surface area contributed by atoms with Gasteiger partial charge in [-0.15, -0.1) is 0 Å². The van der Waals surface area contributed by atoms with E-state index < -0.39 is 0 Å². The van der Waals surface area contributed by atoms with Crippen molar-refractivity contribution < 1.29 is 9.84 Å². The van der Waals surface area contributed by atoms with Gasteiger partial charge in [0, 0.05) is 18.6 Å². The monoisotopic (exact) mass is 248 g/mol. The smallest absolute Gasteiger partial charge is 0.0638 e. The van der Waals surface area contributed by atoms with Crippen LogP contribution in [0.25, 0.3) is 0 Å². The van der Waals surface area contributed by atoms with Gasteiger partial charge in [-0.1, -0.05) is 50.1 Å². The van der Waals surface area contributed by atoms with Crippen molar-refractivity contribution in [1.82, 2.24) is 0 Å². The Hall–Kier alpha value is -0.860. The summed E-state index contributed by atoms with van der Waals surface area (Å²) in [5, 5.41) is 10.7. The molecule has 1 unspecified atom stereocenters. The maximum atomic E-state index is 10.7. The molecule has 0 saturated carbocycles. The van der Waals surface area contributed by atoms with Gasteiger partial charge in [0.1, 0.15) is 0 Å². The molecule has 2 heteroatoms. The molecule has 1 fully saturated rings. The summed E-state index contributed by atoms with van der Waals surface area (Å²) in [5.74, 6) is 0. The van der Waals surface area contributed by atoms with Crippen molar-refractivity contribution in [3.63, 3.8) is 0 Å². The minimum absolute atomic E-state index is 0.0886. The fraction of sp³-hybridized carbons (Fsp3) is 0.625. The molecule has 1 atom stereocenters. The molecule has 0 amide bonds. The highest BCUT2D eigenvalue weighted by atomic mass is 16.5. The van der Waals surface area contributed by atoms with E-state index in [1.165, 1.54) is 5.56 Å². The van der Waals surface area contributed by atoms with Gasteiger partial charge in [-0.2, -0.15) is 0 Å². The van der Waals surface area contributed by atoms with Crippen molar-refractivity contribution in [3.8, 4) is 0 Å². The number of benzene rings is 1. The molecule has 1 aromatic rings. The van der Waals surface area contributed by atoms with E-state index >= 15 is 0 Å². The second-order valence-electron chi connectivity index (χ2n) is 5.29. The van der Waals surface area contributed by atoms with E-state index in [2.05, 4.69) is 31.2 Å². The van der Waals surface area contributed by atoms with Crippen LogP contribution in [0.3, 0.4) is 0 Å². The topological polar surface area (TPSA) is 29.5 Å². The summed E-state index contributed by atoms with van der Waals surface area (Å²) < 4.78 is 5.49. The Balaban J connectivity index is 2.22. The summed E-state index contributed by atoms with van der Waals surface area (Å²) in [7, 11) is 0. The Morgan fingerprint density at radius 2 is 1.89 bits per heavy atom. The van der Waals surface area contributed by atoms with Crippen LogP contribution in [-0.4, -0.2) is 24.4 Å². The Kier molecular flexibility index (Phi) is 4.79. The van der Waals surface area contributed by atoms with Crippen LogP contribution in [0.5, 0.6) is 0 Å². The summed E-state index contributed by atoms with van der Waals surface area (Å²) >= 11 is 0. The van der Waals surface area contributed by atoms with Gasteiger partial charge in [0.2, 0.25) is 0 Å². The van der Waals surface area contributed by atoms with E-state index in [1.807, 2.05) is 6.07 Å². The van der Waals surface area contributed by atoms with Gasteiger partial charge in [-0.3, -0.25) is 0 Å². The third-order valence-electron chi connectivity index (χ3n) is 4.20. The molecule has 2 nitrogen and oxygen atoms in total. The zero-order valence-electron chi connectivity index (χ0n) is 11.3. The van der Waals surface area contributed by atoms with Crippen molar-refractivity contribution in [3.05, 3.63) is 35.9 Å². The number of rotatable bonds is 5. The molecular weight excluding hydrogens is 224 g/mol. The number of hydrogen-bond acceptors (Lipinski definition) is 2. The molecule has 18 heavy (non-hydrogen) atoms. The number of unbranched alkanes of at least 4 members (excludes halogenated alkanes) is 1. The molecule has 1 aliphatic heterocycles. The van der Waals surface area contributed by atoms with Gasteiger partial charge in [-0.05, 0) is 24.8 Å². The summed E-state index contributed by atoms with van der Waals surface area (Å²) in [5.41, 5.74) is 1.19. The molecule has 1 aliphatic rings. The molecule has 1 heterocycles. The van der Waals surface area contributed by atoms with Gasteiger partial charge < -0.3 is 9.84 Å². The predicted octanol–water partition coefficient (Wildman–Crippen LogP) is 3.29. The van der Waals surface area contributed by atoms with Gasteiger partial charge in [0.05, 0.1) is 6.10 Å². The van der Waals surface area contributed by atoms with E-state index in [9.17, 15) is 5.11 Å². The number of aliphatic hydroxyl groups excluding tert-OH is 1. The third kappa shape index (κ3) is 2.76. The second-order valence-corrected chi connectivity index (χ2v) is 5.29. The molecule has 0 bridgehead atoms. The van der Waals surface area contributed by atoms with Crippen LogP contribution in [0.1, 0.15) is 44.6 Å². The van der Waals surface area contributed by atoms with Crippen molar-refractivity contribution in [2.75, 3.05) is 13.2 Å². The molecular formula is C16H24O2. The average Bonchev–Trinajstić information content (AvgIpc) is 2.46. The van der Waals surface area contributed by atoms with Crippen LogP contribution in [0, 0.1) is 0 Å². The van der Waals surface area contributed by atoms with Gasteiger partial charge >= 0.3 is 0 Å². The van der Waals surface area contributed by atoms with Crippen molar-refractivity contribution in [2.45, 2.75) is 50.5 Å². The minimum atomic E-state index is -0.247. The van der Waals surface area contributed by atoms with Crippen LogP contribution in [0.15, 0.2) is 30.3 Å². The van der Waals surface area contributed by atoms with E-state index in [4.69, 9.17) is 4.74 Å². The molecule has 2 rings (SSSR count). The van der Waals surface area contributed by atoms with Crippen LogP contribution in [0.4, 0.5) is 0 Å². The van der Waals surface area contributed by atoms with Gasteiger partial charge in [0.25, 0.3) is 0 Å². The molecule has 100 valence electrons. The third-order valence-corrected chi connectivity index (χ3v) is 4.20. The predicted molar refractivity (Wildman–Crippen MR) is 73.7 cm³/mol. The quantitative estimate of drug-likeness (QED) is 0.866. The first-order valence-corrected chi connectivity index (χ1v) is 7.11. The van der Waals surface area contributed by atoms with Crippen LogP contribution in [0.2, 0.25) is 0 Å². The fourth-order valence-corrected chi connectivity index (χ4v) is 2.99. The number of ether oxygens (including phenoxy) is 1. The summed E-state index contributed by atoms with van der Waals surface area (Å²) in [6, 6.07) is 10.5. The minimum Gasteiger partial charge on any atom is -0.392 e. The normalized spacial score (nSPS) is 20.6. The first-order chi connectivity index (χ1) is 8.79. The highest BCUT2D eigenvalue weighted by Crippen LogP contribution is 2.39. The largest absolute Gasteiger partial charge is 0.392 e. The second kappa shape index (κ2) is 6.35. The lowest BCUT2D eigenvalue weighted by molar-refractivity contribution is -0.0195. The molecule has 1 N–H and O–H groups in total.